The Morgan fingerprint density at radius 1 is 0.960 bits per heavy atom. The summed E-state index contributed by atoms with van der Waals surface area (Å²) in [6.45, 7) is 2.97. The van der Waals surface area contributed by atoms with Gasteiger partial charge in [0.25, 0.3) is 0 Å². The molecule has 25 heavy (non-hydrogen) atoms. The number of aryl methyl sites for hydroxylation is 1. The zero-order valence-corrected chi connectivity index (χ0v) is 15.3. The van der Waals surface area contributed by atoms with Crippen LogP contribution in [0, 0.1) is 0 Å². The lowest BCUT2D eigenvalue weighted by atomic mass is 10.1. The first kappa shape index (κ1) is 17.7. The summed E-state index contributed by atoms with van der Waals surface area (Å²) in [5, 5.41) is 9.74. The van der Waals surface area contributed by atoms with Crippen molar-refractivity contribution in [1.29, 1.82) is 0 Å². The Morgan fingerprint density at radius 3 is 2.24 bits per heavy atom. The highest BCUT2D eigenvalue weighted by molar-refractivity contribution is 7.99. The van der Waals surface area contributed by atoms with E-state index >= 15 is 0 Å². The number of hydrogen-bond acceptors (Lipinski definition) is 4. The van der Waals surface area contributed by atoms with Crippen LogP contribution in [0.25, 0.3) is 0 Å². The van der Waals surface area contributed by atoms with Gasteiger partial charge in [0.1, 0.15) is 0 Å². The predicted octanol–water partition coefficient (Wildman–Crippen LogP) is 3.88. The molecule has 130 valence electrons. The average Bonchev–Trinajstić information content (AvgIpc) is 3.05. The van der Waals surface area contributed by atoms with Crippen LogP contribution < -0.4 is 5.73 Å². The van der Waals surface area contributed by atoms with Gasteiger partial charge in [0, 0.05) is 6.54 Å². The van der Waals surface area contributed by atoms with E-state index in [-0.39, 0.29) is 6.04 Å². The standard InChI is InChI=1S/C20H24N4S/c1-2-25-20-23-22-19(18(21)15-17-11-7-4-8-12-17)24(20)14-13-16-9-5-3-6-10-16/h3-12,18H,2,13-15,21H2,1H3/t18-/m0/s1. The summed E-state index contributed by atoms with van der Waals surface area (Å²) in [5.41, 5.74) is 9.00. The maximum Gasteiger partial charge on any atom is 0.191 e. The molecule has 1 heterocycles. The third-order valence-electron chi connectivity index (χ3n) is 4.12. The Hall–Kier alpha value is -2.11. The summed E-state index contributed by atoms with van der Waals surface area (Å²) in [6.07, 6.45) is 1.71. The third-order valence-corrected chi connectivity index (χ3v) is 4.96. The molecule has 0 bridgehead atoms. The lowest BCUT2D eigenvalue weighted by Crippen LogP contribution is -2.20. The van der Waals surface area contributed by atoms with Crippen molar-refractivity contribution < 1.29 is 0 Å². The highest BCUT2D eigenvalue weighted by atomic mass is 32.2. The minimum Gasteiger partial charge on any atom is -0.321 e. The van der Waals surface area contributed by atoms with Crippen LogP contribution in [0.2, 0.25) is 0 Å². The summed E-state index contributed by atoms with van der Waals surface area (Å²) in [5.74, 6) is 1.84. The first-order valence-corrected chi connectivity index (χ1v) is 9.65. The molecule has 0 aliphatic rings. The summed E-state index contributed by atoms with van der Waals surface area (Å²) in [7, 11) is 0. The number of nitrogens with two attached hydrogens (primary N) is 1. The molecule has 0 fully saturated rings. The zero-order valence-electron chi connectivity index (χ0n) is 14.5. The molecule has 0 saturated heterocycles. The fraction of sp³-hybridized carbons (Fsp3) is 0.300. The Balaban J connectivity index is 1.78. The molecule has 0 spiro atoms. The Kier molecular flexibility index (Phi) is 6.25. The van der Waals surface area contributed by atoms with E-state index in [1.54, 1.807) is 11.8 Å². The summed E-state index contributed by atoms with van der Waals surface area (Å²) < 4.78 is 2.19. The molecule has 1 aromatic heterocycles. The zero-order chi connectivity index (χ0) is 17.5. The molecule has 1 atom stereocenters. The van der Waals surface area contributed by atoms with Crippen LogP contribution in [0.5, 0.6) is 0 Å². The molecular formula is C20H24N4S. The third kappa shape index (κ3) is 4.71. The monoisotopic (exact) mass is 352 g/mol. The van der Waals surface area contributed by atoms with Crippen LogP contribution >= 0.6 is 11.8 Å². The van der Waals surface area contributed by atoms with Crippen LogP contribution in [0.1, 0.15) is 29.9 Å². The van der Waals surface area contributed by atoms with E-state index in [9.17, 15) is 0 Å². The topological polar surface area (TPSA) is 56.7 Å². The van der Waals surface area contributed by atoms with E-state index in [0.717, 1.165) is 36.1 Å². The van der Waals surface area contributed by atoms with Crippen molar-refractivity contribution >= 4 is 11.8 Å². The van der Waals surface area contributed by atoms with Crippen LogP contribution in [-0.2, 0) is 19.4 Å². The van der Waals surface area contributed by atoms with Gasteiger partial charge in [-0.2, -0.15) is 0 Å². The van der Waals surface area contributed by atoms with Gasteiger partial charge in [-0.05, 0) is 29.7 Å². The molecular weight excluding hydrogens is 328 g/mol. The highest BCUT2D eigenvalue weighted by Gasteiger charge is 2.18. The van der Waals surface area contributed by atoms with Gasteiger partial charge in [0.05, 0.1) is 6.04 Å². The molecule has 3 aromatic rings. The number of rotatable bonds is 8. The smallest absolute Gasteiger partial charge is 0.191 e. The van der Waals surface area contributed by atoms with Crippen molar-refractivity contribution in [3.05, 3.63) is 77.6 Å². The lowest BCUT2D eigenvalue weighted by Gasteiger charge is -2.15. The van der Waals surface area contributed by atoms with Crippen molar-refractivity contribution in [2.45, 2.75) is 37.5 Å². The summed E-state index contributed by atoms with van der Waals surface area (Å²) >= 11 is 1.72. The molecule has 0 saturated carbocycles. The number of nitrogens with zero attached hydrogens (tertiary/aromatic N) is 3. The summed E-state index contributed by atoms with van der Waals surface area (Å²) in [6, 6.07) is 20.7. The van der Waals surface area contributed by atoms with Crippen LogP contribution in [0.3, 0.4) is 0 Å². The van der Waals surface area contributed by atoms with Gasteiger partial charge < -0.3 is 10.3 Å². The van der Waals surface area contributed by atoms with Gasteiger partial charge >= 0.3 is 0 Å². The molecule has 2 N–H and O–H groups in total. The van der Waals surface area contributed by atoms with Gasteiger partial charge in [-0.15, -0.1) is 10.2 Å². The van der Waals surface area contributed by atoms with Crippen LogP contribution in [0.4, 0.5) is 0 Å². The van der Waals surface area contributed by atoms with Gasteiger partial charge in [-0.1, -0.05) is 79.3 Å². The van der Waals surface area contributed by atoms with E-state index < -0.39 is 0 Å². The Morgan fingerprint density at radius 2 is 1.60 bits per heavy atom. The highest BCUT2D eigenvalue weighted by Crippen LogP contribution is 2.22. The van der Waals surface area contributed by atoms with E-state index in [0.29, 0.717) is 0 Å². The fourth-order valence-electron chi connectivity index (χ4n) is 2.87. The average molecular weight is 353 g/mol. The van der Waals surface area contributed by atoms with Crippen molar-refractivity contribution in [2.24, 2.45) is 5.73 Å². The second-order valence-electron chi connectivity index (χ2n) is 5.96. The second-order valence-corrected chi connectivity index (χ2v) is 7.19. The molecule has 0 unspecified atom stereocenters. The van der Waals surface area contributed by atoms with Crippen molar-refractivity contribution in [3.8, 4) is 0 Å². The molecule has 0 radical (unpaired) electrons. The largest absolute Gasteiger partial charge is 0.321 e. The Bertz CT molecular complexity index is 771. The number of thioether (sulfide) groups is 1. The maximum absolute atomic E-state index is 6.47. The van der Waals surface area contributed by atoms with Crippen LogP contribution in [0.15, 0.2) is 65.8 Å². The van der Waals surface area contributed by atoms with Crippen molar-refractivity contribution in [3.63, 3.8) is 0 Å². The van der Waals surface area contributed by atoms with Crippen LogP contribution in [-0.4, -0.2) is 20.5 Å². The van der Waals surface area contributed by atoms with E-state index in [2.05, 4.69) is 58.1 Å². The van der Waals surface area contributed by atoms with E-state index in [4.69, 9.17) is 5.73 Å². The summed E-state index contributed by atoms with van der Waals surface area (Å²) in [4.78, 5) is 0. The molecule has 5 heteroatoms. The number of hydrogen-bond donors (Lipinski definition) is 1. The van der Waals surface area contributed by atoms with Gasteiger partial charge in [-0.25, -0.2) is 0 Å². The lowest BCUT2D eigenvalue weighted by molar-refractivity contribution is 0.554. The van der Waals surface area contributed by atoms with E-state index in [1.165, 1.54) is 11.1 Å². The normalized spacial score (nSPS) is 12.2. The van der Waals surface area contributed by atoms with Crippen molar-refractivity contribution in [1.82, 2.24) is 14.8 Å². The minimum absolute atomic E-state index is 0.156. The number of aromatic nitrogens is 3. The second kappa shape index (κ2) is 8.83. The van der Waals surface area contributed by atoms with Gasteiger partial charge in [-0.3, -0.25) is 0 Å². The Labute approximate surface area is 153 Å². The molecule has 0 aliphatic heterocycles. The van der Waals surface area contributed by atoms with Crippen molar-refractivity contribution in [2.75, 3.05) is 5.75 Å². The van der Waals surface area contributed by atoms with Gasteiger partial charge in [0.15, 0.2) is 11.0 Å². The predicted molar refractivity (Wildman–Crippen MR) is 104 cm³/mol. The number of benzene rings is 2. The molecule has 0 aliphatic carbocycles. The van der Waals surface area contributed by atoms with E-state index in [1.807, 2.05) is 24.3 Å². The maximum atomic E-state index is 6.47. The molecule has 2 aromatic carbocycles. The SMILES string of the molecule is CCSc1nnc([C@@H](N)Cc2ccccc2)n1CCc1ccccc1. The quantitative estimate of drug-likeness (QED) is 0.625. The first-order chi connectivity index (χ1) is 12.3. The molecule has 3 rings (SSSR count). The molecule has 4 nitrogen and oxygen atoms in total. The van der Waals surface area contributed by atoms with Gasteiger partial charge in [0.2, 0.25) is 0 Å². The fourth-order valence-corrected chi connectivity index (χ4v) is 3.56. The molecule has 0 amide bonds. The first-order valence-electron chi connectivity index (χ1n) is 8.67. The minimum atomic E-state index is -0.156.